The van der Waals surface area contributed by atoms with Gasteiger partial charge in [-0.3, -0.25) is 19.2 Å². The van der Waals surface area contributed by atoms with Gasteiger partial charge in [-0.25, -0.2) is 0 Å². The molecule has 0 spiro atoms. The Balaban J connectivity index is 0.000000488. The van der Waals surface area contributed by atoms with Gasteiger partial charge in [-0.2, -0.15) is 13.2 Å². The van der Waals surface area contributed by atoms with E-state index in [1.165, 1.54) is 6.08 Å². The summed E-state index contributed by atoms with van der Waals surface area (Å²) in [7, 11) is 0. The first-order valence-corrected chi connectivity index (χ1v) is 12.7. The van der Waals surface area contributed by atoms with Crippen molar-refractivity contribution in [1.29, 1.82) is 0 Å². The highest BCUT2D eigenvalue weighted by Crippen LogP contribution is 2.28. The van der Waals surface area contributed by atoms with Gasteiger partial charge in [0.1, 0.15) is 0 Å². The molecule has 0 aromatic rings. The zero-order valence-electron chi connectivity index (χ0n) is 22.4. The van der Waals surface area contributed by atoms with Crippen molar-refractivity contribution in [2.24, 2.45) is 0 Å². The van der Waals surface area contributed by atoms with Gasteiger partial charge in [-0.15, -0.1) is 0 Å². The van der Waals surface area contributed by atoms with Crippen molar-refractivity contribution in [2.75, 3.05) is 0 Å². The van der Waals surface area contributed by atoms with Gasteiger partial charge in [0.25, 0.3) is 0 Å². The van der Waals surface area contributed by atoms with Crippen LogP contribution in [-0.4, -0.2) is 29.3 Å². The van der Waals surface area contributed by atoms with E-state index in [-0.39, 0.29) is 29.6 Å². The average molecular weight is 509 g/mol. The fourth-order valence-corrected chi connectivity index (χ4v) is 4.17. The van der Waals surface area contributed by atoms with E-state index >= 15 is 0 Å². The molecule has 36 heavy (non-hydrogen) atoms. The van der Waals surface area contributed by atoms with E-state index in [1.54, 1.807) is 41.5 Å². The summed E-state index contributed by atoms with van der Waals surface area (Å²) in [6, 6.07) is 0. The Morgan fingerprint density at radius 1 is 0.556 bits per heavy atom. The van der Waals surface area contributed by atoms with Crippen LogP contribution in [0.25, 0.3) is 0 Å². The summed E-state index contributed by atoms with van der Waals surface area (Å²) in [5.41, 5.74) is 4.04. The topological polar surface area (TPSA) is 68.3 Å². The number of carbonyl (C=O) groups is 4. The van der Waals surface area contributed by atoms with Crippen LogP contribution in [0.2, 0.25) is 0 Å². The summed E-state index contributed by atoms with van der Waals surface area (Å²) in [5.74, 6) is -0.0769. The molecule has 4 nitrogen and oxygen atoms in total. The smallest absolute Gasteiger partial charge is 0.290 e. The fraction of sp³-hybridized carbons (Fsp3) is 0.586. The molecule has 0 unspecified atom stereocenters. The highest BCUT2D eigenvalue weighted by atomic mass is 19.4. The first kappa shape index (κ1) is 31.5. The standard InChI is InChI=1S/C20H29F3O2.C9H10O2/c1-14-15(2)19(25)17(16(3)18(14)24)12-10-8-6-4-5-7-9-11-13-20(21,22)23;1-5-4-8(10)6(2)7(3)9(5)11/h4-13H2,1-3H3;4H,1-3H3. The number of carbonyl (C=O) groups excluding carboxylic acids is 4. The molecule has 7 heteroatoms. The van der Waals surface area contributed by atoms with Crippen molar-refractivity contribution in [2.45, 2.75) is 112 Å². The molecule has 0 aromatic carbocycles. The maximum Gasteiger partial charge on any atom is 0.389 e. The summed E-state index contributed by atoms with van der Waals surface area (Å²) in [6.07, 6.45) is 3.84. The van der Waals surface area contributed by atoms with E-state index in [2.05, 4.69) is 0 Å². The van der Waals surface area contributed by atoms with Gasteiger partial charge in [0, 0.05) is 45.4 Å². The second kappa shape index (κ2) is 14.2. The molecule has 0 bridgehead atoms. The molecule has 200 valence electrons. The molecule has 0 saturated heterocycles. The molecular weight excluding hydrogens is 469 g/mol. The van der Waals surface area contributed by atoms with Gasteiger partial charge < -0.3 is 0 Å². The number of hydrogen-bond donors (Lipinski definition) is 0. The lowest BCUT2D eigenvalue weighted by Gasteiger charge is -2.18. The number of rotatable bonds is 10. The van der Waals surface area contributed by atoms with E-state index < -0.39 is 12.6 Å². The zero-order chi connectivity index (χ0) is 27.6. The summed E-state index contributed by atoms with van der Waals surface area (Å²) in [4.78, 5) is 46.6. The maximum absolute atomic E-state index is 12.3. The molecule has 0 amide bonds. The van der Waals surface area contributed by atoms with Gasteiger partial charge >= 0.3 is 6.18 Å². The first-order chi connectivity index (χ1) is 16.7. The Bertz CT molecular complexity index is 1000. The molecule has 0 radical (unpaired) electrons. The van der Waals surface area contributed by atoms with Crippen LogP contribution in [0.4, 0.5) is 13.2 Å². The van der Waals surface area contributed by atoms with Crippen molar-refractivity contribution >= 4 is 23.1 Å². The first-order valence-electron chi connectivity index (χ1n) is 12.7. The number of unbranched alkanes of at least 4 members (excludes halogenated alkanes) is 7. The third kappa shape index (κ3) is 9.47. The zero-order valence-corrected chi connectivity index (χ0v) is 22.4. The molecule has 0 fully saturated rings. The lowest BCUT2D eigenvalue weighted by molar-refractivity contribution is -0.135. The van der Waals surface area contributed by atoms with E-state index in [9.17, 15) is 32.3 Å². The fourth-order valence-electron chi connectivity index (χ4n) is 4.17. The van der Waals surface area contributed by atoms with Crippen molar-refractivity contribution < 1.29 is 32.3 Å². The molecule has 0 N–H and O–H groups in total. The van der Waals surface area contributed by atoms with Crippen molar-refractivity contribution in [1.82, 2.24) is 0 Å². The van der Waals surface area contributed by atoms with Gasteiger partial charge in [-0.05, 0) is 66.9 Å². The molecular formula is C29H39F3O4. The number of hydrogen-bond acceptors (Lipinski definition) is 4. The van der Waals surface area contributed by atoms with Crippen LogP contribution in [0.15, 0.2) is 45.1 Å². The number of Topliss-reactive ketones (excluding diaryl/α,β-unsaturated/α-hetero) is 3. The van der Waals surface area contributed by atoms with E-state index in [0.717, 1.165) is 38.5 Å². The minimum Gasteiger partial charge on any atom is -0.290 e. The minimum absolute atomic E-state index is 0.000681. The monoisotopic (exact) mass is 508 g/mol. The summed E-state index contributed by atoms with van der Waals surface area (Å²) in [5, 5.41) is 0. The second-order valence-electron chi connectivity index (χ2n) is 9.73. The van der Waals surface area contributed by atoms with Crippen LogP contribution in [0.3, 0.4) is 0 Å². The second-order valence-corrected chi connectivity index (χ2v) is 9.73. The summed E-state index contributed by atoms with van der Waals surface area (Å²) >= 11 is 0. The minimum atomic E-state index is -4.03. The molecule has 0 aliphatic heterocycles. The maximum atomic E-state index is 12.3. The third-order valence-electron chi connectivity index (χ3n) is 6.93. The Hall–Kier alpha value is -2.57. The van der Waals surface area contributed by atoms with Crippen LogP contribution < -0.4 is 0 Å². The quantitative estimate of drug-likeness (QED) is 0.224. The third-order valence-corrected chi connectivity index (χ3v) is 6.93. The Morgan fingerprint density at radius 3 is 1.53 bits per heavy atom. The van der Waals surface area contributed by atoms with Crippen molar-refractivity contribution in [3.05, 3.63) is 45.1 Å². The van der Waals surface area contributed by atoms with Crippen LogP contribution in [0, 0.1) is 0 Å². The molecule has 0 heterocycles. The largest absolute Gasteiger partial charge is 0.389 e. The summed E-state index contributed by atoms with van der Waals surface area (Å²) in [6.45, 7) is 10.2. The van der Waals surface area contributed by atoms with Gasteiger partial charge in [-0.1, -0.05) is 38.5 Å². The normalized spacial score (nSPS) is 17.1. The summed E-state index contributed by atoms with van der Waals surface area (Å²) < 4.78 is 36.0. The number of alkyl halides is 3. The predicted octanol–water partition coefficient (Wildman–Crippen LogP) is 7.68. The lowest BCUT2D eigenvalue weighted by atomic mass is 9.84. The molecule has 0 saturated carbocycles. The highest BCUT2D eigenvalue weighted by molar-refractivity contribution is 6.24. The number of allylic oxidation sites excluding steroid dienone is 8. The Kier molecular flexibility index (Phi) is 12.4. The van der Waals surface area contributed by atoms with Gasteiger partial charge in [0.05, 0.1) is 0 Å². The Morgan fingerprint density at radius 2 is 1.00 bits per heavy atom. The highest BCUT2D eigenvalue weighted by Gasteiger charge is 2.27. The lowest BCUT2D eigenvalue weighted by Crippen LogP contribution is -2.20. The molecule has 2 aliphatic rings. The Labute approximate surface area is 212 Å². The van der Waals surface area contributed by atoms with Crippen LogP contribution in [-0.2, 0) is 19.2 Å². The van der Waals surface area contributed by atoms with Crippen LogP contribution in [0.1, 0.15) is 106 Å². The van der Waals surface area contributed by atoms with E-state index in [1.807, 2.05) is 0 Å². The average Bonchev–Trinajstić information content (AvgIpc) is 2.81. The molecule has 2 aliphatic carbocycles. The van der Waals surface area contributed by atoms with Crippen LogP contribution in [0.5, 0.6) is 0 Å². The van der Waals surface area contributed by atoms with Gasteiger partial charge in [0.15, 0.2) is 23.1 Å². The molecule has 0 atom stereocenters. The predicted molar refractivity (Wildman–Crippen MR) is 135 cm³/mol. The molecule has 2 rings (SSSR count). The SMILES string of the molecule is CC1=C(C)C(=O)C(CCCCCCCCCCC(F)(F)F)=C(C)C1=O.CC1=CC(=O)C(C)=C(C)C1=O. The number of halogens is 3. The van der Waals surface area contributed by atoms with Crippen molar-refractivity contribution in [3.8, 4) is 0 Å². The number of ketones is 4. The van der Waals surface area contributed by atoms with E-state index in [0.29, 0.717) is 51.9 Å². The molecule has 0 aromatic heterocycles. The van der Waals surface area contributed by atoms with Crippen molar-refractivity contribution in [3.63, 3.8) is 0 Å². The van der Waals surface area contributed by atoms with E-state index in [4.69, 9.17) is 0 Å². The van der Waals surface area contributed by atoms with Crippen LogP contribution >= 0.6 is 0 Å². The van der Waals surface area contributed by atoms with Gasteiger partial charge in [0.2, 0.25) is 0 Å².